The van der Waals surface area contributed by atoms with Gasteiger partial charge in [0.25, 0.3) is 0 Å². The van der Waals surface area contributed by atoms with Gasteiger partial charge in [-0.2, -0.15) is 0 Å². The Bertz CT molecular complexity index is 81.6. The smallest absolute Gasteiger partial charge is 0.0233 e. The summed E-state index contributed by atoms with van der Waals surface area (Å²) in [4.78, 5) is 0. The third-order valence-electron chi connectivity index (χ3n) is 2.05. The second-order valence-corrected chi connectivity index (χ2v) is 4.57. The highest BCUT2D eigenvalue weighted by molar-refractivity contribution is 7.37. The Labute approximate surface area is 69.0 Å². The van der Waals surface area contributed by atoms with Crippen LogP contribution in [0.25, 0.3) is 0 Å². The van der Waals surface area contributed by atoms with Crippen molar-refractivity contribution in [2.75, 3.05) is 12.3 Å². The maximum absolute atomic E-state index is 7.33. The van der Waals surface area contributed by atoms with Crippen LogP contribution in [0.1, 0.15) is 35.5 Å². The van der Waals surface area contributed by atoms with Crippen molar-refractivity contribution in [1.82, 2.24) is 0 Å². The maximum Gasteiger partial charge on any atom is 0.0233 e. The molecular formula is C9H21P. The Hall–Kier alpha value is 0.430. The molecule has 0 aliphatic heterocycles. The minimum absolute atomic E-state index is 0.617. The van der Waals surface area contributed by atoms with Gasteiger partial charge in [-0.25, -0.2) is 0 Å². The zero-order valence-electron chi connectivity index (χ0n) is 8.48. The molecule has 0 nitrogen and oxygen atoms in total. The van der Waals surface area contributed by atoms with Gasteiger partial charge in [0, 0.05) is 1.37 Å². The maximum atomic E-state index is 7.33. The molecule has 0 aromatic carbocycles. The lowest BCUT2D eigenvalue weighted by molar-refractivity contribution is 0.413. The van der Waals surface area contributed by atoms with E-state index in [1.54, 1.807) is 0 Å². The predicted molar refractivity (Wildman–Crippen MR) is 52.3 cm³/mol. The first kappa shape index (κ1) is 8.53. The van der Waals surface area contributed by atoms with Gasteiger partial charge in [-0.3, -0.25) is 0 Å². The molecular weight excluding hydrogens is 139 g/mol. The van der Waals surface area contributed by atoms with E-state index in [4.69, 9.17) is 1.37 Å². The van der Waals surface area contributed by atoms with E-state index in [-0.39, 0.29) is 0 Å². The lowest BCUT2D eigenvalue weighted by atomic mass is 9.96. The summed E-state index contributed by atoms with van der Waals surface area (Å²) in [5.41, 5.74) is 0. The zero-order chi connectivity index (χ0) is 8.69. The molecule has 0 spiro atoms. The van der Waals surface area contributed by atoms with Crippen LogP contribution in [0, 0.1) is 11.8 Å². The summed E-state index contributed by atoms with van der Waals surface area (Å²) in [6.07, 6.45) is 3.84. The van der Waals surface area contributed by atoms with Gasteiger partial charge >= 0.3 is 0 Å². The van der Waals surface area contributed by atoms with Crippen LogP contribution in [0.5, 0.6) is 0 Å². The van der Waals surface area contributed by atoms with Crippen molar-refractivity contribution in [2.24, 2.45) is 11.8 Å². The highest BCUT2D eigenvalue weighted by Crippen LogP contribution is 2.22. The average molecular weight is 161 g/mol. The van der Waals surface area contributed by atoms with E-state index < -0.39 is 0 Å². The Morgan fingerprint density at radius 1 is 1.40 bits per heavy atom. The molecule has 0 radical (unpaired) electrons. The van der Waals surface area contributed by atoms with E-state index in [2.05, 4.69) is 20.8 Å². The van der Waals surface area contributed by atoms with Gasteiger partial charge in [-0.15, -0.1) is 8.58 Å². The van der Waals surface area contributed by atoms with Crippen LogP contribution >= 0.6 is 8.58 Å². The fourth-order valence-corrected chi connectivity index (χ4v) is 2.02. The summed E-state index contributed by atoms with van der Waals surface area (Å²) in [6, 6.07) is 0. The van der Waals surface area contributed by atoms with E-state index >= 15 is 0 Å². The summed E-state index contributed by atoms with van der Waals surface area (Å²) in [5, 5.41) is 0. The SMILES string of the molecule is [2H]C[C@H](CC)[C@H](C)CPCC. The average Bonchev–Trinajstić information content (AvgIpc) is 2.03. The normalized spacial score (nSPS) is 19.3. The summed E-state index contributed by atoms with van der Waals surface area (Å²) >= 11 is 0. The van der Waals surface area contributed by atoms with Gasteiger partial charge in [-0.1, -0.05) is 34.1 Å². The minimum atomic E-state index is 0.617. The van der Waals surface area contributed by atoms with E-state index in [1.165, 1.54) is 18.7 Å². The lowest BCUT2D eigenvalue weighted by Gasteiger charge is -2.17. The van der Waals surface area contributed by atoms with Crippen LogP contribution in [0.3, 0.4) is 0 Å². The predicted octanol–water partition coefficient (Wildman–Crippen LogP) is 3.37. The molecule has 1 heteroatoms. The van der Waals surface area contributed by atoms with Crippen molar-refractivity contribution < 1.29 is 1.37 Å². The summed E-state index contributed by atoms with van der Waals surface area (Å²) in [5.74, 6) is 1.42. The summed E-state index contributed by atoms with van der Waals surface area (Å²) < 4.78 is 7.33. The molecule has 3 atom stereocenters. The zero-order valence-corrected chi connectivity index (χ0v) is 8.48. The number of rotatable bonds is 5. The number of hydrogen-bond donors (Lipinski definition) is 0. The molecule has 0 N–H and O–H groups in total. The van der Waals surface area contributed by atoms with E-state index in [1.807, 2.05) is 0 Å². The molecule has 0 fully saturated rings. The van der Waals surface area contributed by atoms with Gasteiger partial charge in [0.05, 0.1) is 0 Å². The second-order valence-electron chi connectivity index (χ2n) is 2.95. The molecule has 0 saturated carbocycles. The van der Waals surface area contributed by atoms with Crippen LogP contribution in [0.4, 0.5) is 0 Å². The molecule has 0 aromatic heterocycles. The lowest BCUT2D eigenvalue weighted by Crippen LogP contribution is -2.08. The molecule has 62 valence electrons. The van der Waals surface area contributed by atoms with Crippen LogP contribution in [-0.4, -0.2) is 12.3 Å². The largest absolute Gasteiger partial charge is 0.122 e. The highest BCUT2D eigenvalue weighted by atomic mass is 31.1. The molecule has 0 bridgehead atoms. The first-order valence-corrected chi connectivity index (χ1v) is 5.67. The highest BCUT2D eigenvalue weighted by Gasteiger charge is 2.08. The van der Waals surface area contributed by atoms with Crippen molar-refractivity contribution in [1.29, 1.82) is 0 Å². The quantitative estimate of drug-likeness (QED) is 0.542. The first-order chi connectivity index (χ1) is 5.26. The number of hydrogen-bond acceptors (Lipinski definition) is 0. The second kappa shape index (κ2) is 6.16. The molecule has 0 aliphatic carbocycles. The fourth-order valence-electron chi connectivity index (χ4n) is 0.941. The van der Waals surface area contributed by atoms with Gasteiger partial charge in [0.15, 0.2) is 0 Å². The fraction of sp³-hybridized carbons (Fsp3) is 1.00. The van der Waals surface area contributed by atoms with Crippen molar-refractivity contribution in [3.05, 3.63) is 0 Å². The Morgan fingerprint density at radius 3 is 2.50 bits per heavy atom. The van der Waals surface area contributed by atoms with Crippen LogP contribution in [0.15, 0.2) is 0 Å². The Balaban J connectivity index is 3.51. The summed E-state index contributed by atoms with van der Waals surface area (Å²) in [6.45, 7) is 7.36. The standard InChI is InChI=1S/C9H21P/c1-5-8(3)9(4)7-10-6-2/h8-10H,5-7H2,1-4H3/t8-,9-/m1/s1/i3D. The third kappa shape index (κ3) is 4.28. The van der Waals surface area contributed by atoms with Crippen LogP contribution in [-0.2, 0) is 0 Å². The van der Waals surface area contributed by atoms with Gasteiger partial charge in [0.1, 0.15) is 0 Å². The monoisotopic (exact) mass is 161 g/mol. The topological polar surface area (TPSA) is 0 Å². The van der Waals surface area contributed by atoms with Crippen molar-refractivity contribution in [2.45, 2.75) is 34.1 Å². The van der Waals surface area contributed by atoms with E-state index in [0.717, 1.165) is 14.5 Å². The van der Waals surface area contributed by atoms with Crippen molar-refractivity contribution >= 4 is 8.58 Å². The van der Waals surface area contributed by atoms with Crippen molar-refractivity contribution in [3.63, 3.8) is 0 Å². The molecule has 0 saturated heterocycles. The minimum Gasteiger partial charge on any atom is -0.122 e. The van der Waals surface area contributed by atoms with Gasteiger partial charge in [-0.05, 0) is 24.2 Å². The van der Waals surface area contributed by atoms with Gasteiger partial charge in [0.2, 0.25) is 0 Å². The van der Waals surface area contributed by atoms with E-state index in [0.29, 0.717) is 12.8 Å². The third-order valence-corrected chi connectivity index (χ3v) is 3.48. The van der Waals surface area contributed by atoms with Crippen LogP contribution in [0.2, 0.25) is 0 Å². The van der Waals surface area contributed by atoms with Gasteiger partial charge < -0.3 is 0 Å². The molecule has 0 aromatic rings. The molecule has 0 rings (SSSR count). The molecule has 0 aliphatic rings. The Morgan fingerprint density at radius 2 is 2.10 bits per heavy atom. The Kier molecular flexibility index (Phi) is 5.25. The van der Waals surface area contributed by atoms with Crippen molar-refractivity contribution in [3.8, 4) is 0 Å². The van der Waals surface area contributed by atoms with Crippen LogP contribution < -0.4 is 0 Å². The molecule has 10 heavy (non-hydrogen) atoms. The summed E-state index contributed by atoms with van der Waals surface area (Å²) in [7, 11) is 1.11. The molecule has 0 amide bonds. The molecule has 1 unspecified atom stereocenters. The first-order valence-electron chi connectivity index (χ1n) is 4.96. The molecule has 0 heterocycles. The van der Waals surface area contributed by atoms with E-state index in [9.17, 15) is 0 Å².